The third kappa shape index (κ3) is 10.3. The lowest BCUT2D eigenvalue weighted by Crippen LogP contribution is -2.34. The van der Waals surface area contributed by atoms with Crippen molar-refractivity contribution < 1.29 is 9.59 Å². The van der Waals surface area contributed by atoms with Crippen LogP contribution in [0.5, 0.6) is 0 Å². The largest absolute Gasteiger partial charge is 0.341 e. The summed E-state index contributed by atoms with van der Waals surface area (Å²) in [6.45, 7) is 2.04. The molecule has 2 aromatic carbocycles. The number of carbonyl (C=O) groups excluding carboxylic acids is 2. The van der Waals surface area contributed by atoms with Gasteiger partial charge in [-0.25, -0.2) is 0 Å². The van der Waals surface area contributed by atoms with E-state index >= 15 is 0 Å². The van der Waals surface area contributed by atoms with E-state index < -0.39 is 0 Å². The molecule has 0 atom stereocenters. The highest BCUT2D eigenvalue weighted by Gasteiger charge is 2.16. The first-order valence-electron chi connectivity index (χ1n) is 12.0. The minimum atomic E-state index is 0.0315. The summed E-state index contributed by atoms with van der Waals surface area (Å²) in [6, 6.07) is 24.2. The van der Waals surface area contributed by atoms with Gasteiger partial charge in [0.05, 0.1) is 25.0 Å². The first-order valence-corrected chi connectivity index (χ1v) is 12.0. The SMILES string of the molecule is N#CCCN(CCc1ccccc1)C(=O)CCCCC(=O)N(CCC#N)CCc1ccccc1. The fourth-order valence-corrected chi connectivity index (χ4v) is 3.78. The van der Waals surface area contributed by atoms with E-state index in [2.05, 4.69) is 12.1 Å². The molecule has 0 fully saturated rings. The van der Waals surface area contributed by atoms with Crippen molar-refractivity contribution in [1.82, 2.24) is 9.80 Å². The van der Waals surface area contributed by atoms with Crippen LogP contribution in [0.25, 0.3) is 0 Å². The van der Waals surface area contributed by atoms with E-state index in [1.165, 1.54) is 0 Å². The quantitative estimate of drug-likeness (QED) is 0.367. The van der Waals surface area contributed by atoms with Gasteiger partial charge >= 0.3 is 0 Å². The first kappa shape index (κ1) is 26.6. The van der Waals surface area contributed by atoms with Gasteiger partial charge in [-0.2, -0.15) is 10.5 Å². The highest BCUT2D eigenvalue weighted by molar-refractivity contribution is 5.77. The number of nitrogens with zero attached hydrogens (tertiary/aromatic N) is 4. The lowest BCUT2D eigenvalue weighted by molar-refractivity contribution is -0.133. The number of unbranched alkanes of at least 4 members (excludes halogenated alkanes) is 1. The Kier molecular flexibility index (Phi) is 12.6. The predicted octanol–water partition coefficient (Wildman–Crippen LogP) is 4.52. The third-order valence-corrected chi connectivity index (χ3v) is 5.75. The van der Waals surface area contributed by atoms with Gasteiger partial charge in [0.25, 0.3) is 0 Å². The molecule has 0 aliphatic rings. The van der Waals surface area contributed by atoms with Crippen LogP contribution >= 0.6 is 0 Å². The smallest absolute Gasteiger partial charge is 0.222 e. The maximum absolute atomic E-state index is 12.7. The molecule has 0 radical (unpaired) electrons. The summed E-state index contributed by atoms with van der Waals surface area (Å²) in [4.78, 5) is 29.0. The van der Waals surface area contributed by atoms with Crippen molar-refractivity contribution in [3.8, 4) is 12.1 Å². The monoisotopic (exact) mass is 458 g/mol. The Labute approximate surface area is 203 Å². The molecule has 0 spiro atoms. The Morgan fingerprint density at radius 1 is 0.618 bits per heavy atom. The average Bonchev–Trinajstić information content (AvgIpc) is 2.87. The molecule has 0 aliphatic carbocycles. The van der Waals surface area contributed by atoms with Crippen LogP contribution in [0.4, 0.5) is 0 Å². The standard InChI is InChI=1S/C28H34N4O2/c29-19-9-21-31(23-17-25-11-3-1-4-12-25)27(33)15-7-8-16-28(34)32(22-10-20-30)24-18-26-13-5-2-6-14-26/h1-6,11-14H,7-10,15-18,21-24H2. The van der Waals surface area contributed by atoms with Crippen molar-refractivity contribution >= 4 is 11.8 Å². The van der Waals surface area contributed by atoms with Crippen molar-refractivity contribution in [3.63, 3.8) is 0 Å². The fourth-order valence-electron chi connectivity index (χ4n) is 3.78. The topological polar surface area (TPSA) is 88.2 Å². The van der Waals surface area contributed by atoms with Gasteiger partial charge in [0.1, 0.15) is 0 Å². The van der Waals surface area contributed by atoms with Crippen molar-refractivity contribution in [3.05, 3.63) is 71.8 Å². The predicted molar refractivity (Wildman–Crippen MR) is 132 cm³/mol. The van der Waals surface area contributed by atoms with Gasteiger partial charge in [0, 0.05) is 39.0 Å². The van der Waals surface area contributed by atoms with Crippen molar-refractivity contribution in [2.45, 2.75) is 51.4 Å². The van der Waals surface area contributed by atoms with Crippen molar-refractivity contribution in [1.29, 1.82) is 10.5 Å². The summed E-state index contributed by atoms with van der Waals surface area (Å²) >= 11 is 0. The summed E-state index contributed by atoms with van der Waals surface area (Å²) in [5, 5.41) is 17.9. The Hall–Kier alpha value is -3.64. The molecule has 2 amide bonds. The minimum absolute atomic E-state index is 0.0315. The van der Waals surface area contributed by atoms with Gasteiger partial charge < -0.3 is 9.80 Å². The Morgan fingerprint density at radius 3 is 1.35 bits per heavy atom. The fraction of sp³-hybridized carbons (Fsp3) is 0.429. The zero-order chi connectivity index (χ0) is 24.4. The van der Waals surface area contributed by atoms with E-state index in [0.717, 1.165) is 24.0 Å². The number of nitriles is 2. The van der Waals surface area contributed by atoms with Gasteiger partial charge in [-0.15, -0.1) is 0 Å². The zero-order valence-electron chi connectivity index (χ0n) is 19.9. The molecule has 0 aromatic heterocycles. The van der Waals surface area contributed by atoms with E-state index in [1.807, 2.05) is 60.7 Å². The maximum Gasteiger partial charge on any atom is 0.222 e. The van der Waals surface area contributed by atoms with Crippen LogP contribution < -0.4 is 0 Å². The maximum atomic E-state index is 12.7. The van der Waals surface area contributed by atoms with Crippen LogP contribution in [0.3, 0.4) is 0 Å². The van der Waals surface area contributed by atoms with Crippen LogP contribution in [0.2, 0.25) is 0 Å². The van der Waals surface area contributed by atoms with Gasteiger partial charge in [-0.05, 0) is 36.8 Å². The molecule has 6 nitrogen and oxygen atoms in total. The second-order valence-corrected chi connectivity index (χ2v) is 8.26. The van der Waals surface area contributed by atoms with Crippen LogP contribution in [0.1, 0.15) is 49.7 Å². The summed E-state index contributed by atoms with van der Waals surface area (Å²) in [5.41, 5.74) is 2.33. The number of rotatable bonds is 15. The summed E-state index contributed by atoms with van der Waals surface area (Å²) in [7, 11) is 0. The lowest BCUT2D eigenvalue weighted by Gasteiger charge is -2.23. The third-order valence-electron chi connectivity index (χ3n) is 5.75. The van der Waals surface area contributed by atoms with Crippen LogP contribution in [0, 0.1) is 22.7 Å². The molecule has 34 heavy (non-hydrogen) atoms. The van der Waals surface area contributed by atoms with E-state index in [1.54, 1.807) is 9.80 Å². The van der Waals surface area contributed by atoms with Crippen LogP contribution in [-0.2, 0) is 22.4 Å². The molecule has 0 bridgehead atoms. The molecule has 178 valence electrons. The van der Waals surface area contributed by atoms with E-state index in [9.17, 15) is 9.59 Å². The van der Waals surface area contributed by atoms with Gasteiger partial charge in [-0.3, -0.25) is 9.59 Å². The summed E-state index contributed by atoms with van der Waals surface area (Å²) in [6.07, 6.45) is 4.14. The summed E-state index contributed by atoms with van der Waals surface area (Å²) in [5.74, 6) is 0.0630. The van der Waals surface area contributed by atoms with Crippen LogP contribution in [0.15, 0.2) is 60.7 Å². The highest BCUT2D eigenvalue weighted by Crippen LogP contribution is 2.10. The number of benzene rings is 2. The average molecular weight is 459 g/mol. The molecule has 0 heterocycles. The molecular formula is C28H34N4O2. The molecule has 2 aromatic rings. The normalized spacial score (nSPS) is 10.2. The number of carbonyl (C=O) groups is 2. The van der Waals surface area contributed by atoms with Gasteiger partial charge in [-0.1, -0.05) is 60.7 Å². The number of hydrogen-bond donors (Lipinski definition) is 0. The summed E-state index contributed by atoms with van der Waals surface area (Å²) < 4.78 is 0. The van der Waals surface area contributed by atoms with Gasteiger partial charge in [0.2, 0.25) is 11.8 Å². The van der Waals surface area contributed by atoms with Crippen molar-refractivity contribution in [2.75, 3.05) is 26.2 Å². The highest BCUT2D eigenvalue weighted by atomic mass is 16.2. The van der Waals surface area contributed by atoms with E-state index in [-0.39, 0.29) is 11.8 Å². The van der Waals surface area contributed by atoms with E-state index in [0.29, 0.717) is 64.7 Å². The number of amides is 2. The van der Waals surface area contributed by atoms with E-state index in [4.69, 9.17) is 10.5 Å². The molecule has 0 saturated heterocycles. The molecular weight excluding hydrogens is 424 g/mol. The Balaban J connectivity index is 1.77. The molecule has 0 N–H and O–H groups in total. The molecule has 2 rings (SSSR count). The minimum Gasteiger partial charge on any atom is -0.341 e. The van der Waals surface area contributed by atoms with Crippen LogP contribution in [-0.4, -0.2) is 47.8 Å². The molecule has 0 unspecified atom stereocenters. The Bertz CT molecular complexity index is 868. The van der Waals surface area contributed by atoms with Gasteiger partial charge in [0.15, 0.2) is 0 Å². The molecule has 6 heteroatoms. The second kappa shape index (κ2) is 16.0. The number of hydrogen-bond acceptors (Lipinski definition) is 4. The van der Waals surface area contributed by atoms with Crippen molar-refractivity contribution in [2.24, 2.45) is 0 Å². The molecule has 0 aliphatic heterocycles. The first-order chi connectivity index (χ1) is 16.6. The zero-order valence-corrected chi connectivity index (χ0v) is 19.9. The second-order valence-electron chi connectivity index (χ2n) is 8.26. The Morgan fingerprint density at radius 2 is 1.00 bits per heavy atom. The molecule has 0 saturated carbocycles. The lowest BCUT2D eigenvalue weighted by atomic mass is 10.1.